The second-order valence-electron chi connectivity index (χ2n) is 5.73. The number of thiophene rings is 1. The zero-order valence-electron chi connectivity index (χ0n) is 11.6. The number of nitrogens with zero attached hydrogens (tertiary/aromatic N) is 1. The van der Waals surface area contributed by atoms with Gasteiger partial charge in [0.1, 0.15) is 0 Å². The van der Waals surface area contributed by atoms with Crippen LogP contribution in [0, 0.1) is 0 Å². The van der Waals surface area contributed by atoms with E-state index >= 15 is 0 Å². The molecule has 2 atom stereocenters. The molecule has 1 amide bonds. The van der Waals surface area contributed by atoms with E-state index in [0.29, 0.717) is 13.1 Å². The summed E-state index contributed by atoms with van der Waals surface area (Å²) in [4.78, 5) is 16.9. The van der Waals surface area contributed by atoms with E-state index in [1.165, 1.54) is 23.3 Å². The number of carbonyl (C=O) groups is 1. The first kappa shape index (κ1) is 13.1. The third-order valence-corrected chi connectivity index (χ3v) is 5.14. The molecule has 19 heavy (non-hydrogen) atoms. The third-order valence-electron chi connectivity index (χ3n) is 3.91. The fraction of sp³-hybridized carbons (Fsp3) is 0.667. The number of rotatable bonds is 1. The summed E-state index contributed by atoms with van der Waals surface area (Å²) in [5, 5.41) is 0. The van der Waals surface area contributed by atoms with E-state index in [-0.39, 0.29) is 18.1 Å². The van der Waals surface area contributed by atoms with Gasteiger partial charge in [0.15, 0.2) is 0 Å². The molecule has 1 aromatic rings. The van der Waals surface area contributed by atoms with E-state index in [4.69, 9.17) is 4.74 Å². The molecule has 4 heteroatoms. The number of amides is 1. The number of ether oxygens (including phenoxy) is 1. The second kappa shape index (κ2) is 5.25. The van der Waals surface area contributed by atoms with Crippen LogP contribution in [0.15, 0.2) is 6.07 Å². The van der Waals surface area contributed by atoms with Crippen molar-refractivity contribution in [2.24, 2.45) is 0 Å². The van der Waals surface area contributed by atoms with Gasteiger partial charge < -0.3 is 9.64 Å². The minimum Gasteiger partial charge on any atom is -0.372 e. The number of morpholine rings is 1. The largest absolute Gasteiger partial charge is 0.372 e. The van der Waals surface area contributed by atoms with E-state index in [9.17, 15) is 4.79 Å². The zero-order chi connectivity index (χ0) is 13.4. The van der Waals surface area contributed by atoms with Gasteiger partial charge in [-0.1, -0.05) is 0 Å². The van der Waals surface area contributed by atoms with Gasteiger partial charge in [0.25, 0.3) is 5.91 Å². The van der Waals surface area contributed by atoms with Gasteiger partial charge in [-0.2, -0.15) is 0 Å². The number of hydrogen-bond acceptors (Lipinski definition) is 3. The Balaban J connectivity index is 1.77. The molecule has 0 unspecified atom stereocenters. The van der Waals surface area contributed by atoms with Crippen LogP contribution in [0.2, 0.25) is 0 Å². The Kier molecular flexibility index (Phi) is 3.63. The highest BCUT2D eigenvalue weighted by atomic mass is 32.1. The highest BCUT2D eigenvalue weighted by molar-refractivity contribution is 7.14. The quantitative estimate of drug-likeness (QED) is 0.791. The van der Waals surface area contributed by atoms with Crippen molar-refractivity contribution in [1.82, 2.24) is 4.90 Å². The summed E-state index contributed by atoms with van der Waals surface area (Å²) in [6.07, 6.45) is 5.12. The molecule has 2 aliphatic rings. The highest BCUT2D eigenvalue weighted by Gasteiger charge is 2.28. The van der Waals surface area contributed by atoms with Crippen LogP contribution < -0.4 is 0 Å². The highest BCUT2D eigenvalue weighted by Crippen LogP contribution is 2.30. The average molecular weight is 279 g/mol. The van der Waals surface area contributed by atoms with Gasteiger partial charge in [0.2, 0.25) is 0 Å². The second-order valence-corrected chi connectivity index (χ2v) is 6.87. The number of hydrogen-bond donors (Lipinski definition) is 0. The summed E-state index contributed by atoms with van der Waals surface area (Å²) < 4.78 is 5.69. The van der Waals surface area contributed by atoms with Crippen molar-refractivity contribution in [1.29, 1.82) is 0 Å². The Labute approximate surface area is 118 Å². The number of carbonyl (C=O) groups excluding carboxylic acids is 1. The molecule has 0 saturated carbocycles. The molecule has 0 N–H and O–H groups in total. The van der Waals surface area contributed by atoms with Gasteiger partial charge in [0, 0.05) is 18.0 Å². The monoisotopic (exact) mass is 279 g/mol. The normalized spacial score (nSPS) is 27.2. The van der Waals surface area contributed by atoms with Crippen LogP contribution in [0.3, 0.4) is 0 Å². The predicted molar refractivity (Wildman–Crippen MR) is 76.9 cm³/mol. The van der Waals surface area contributed by atoms with Crippen LogP contribution in [0.5, 0.6) is 0 Å². The van der Waals surface area contributed by atoms with Gasteiger partial charge in [-0.25, -0.2) is 0 Å². The molecular formula is C15H21NO2S. The van der Waals surface area contributed by atoms with E-state index in [0.717, 1.165) is 17.7 Å². The maximum Gasteiger partial charge on any atom is 0.264 e. The lowest BCUT2D eigenvalue weighted by atomic mass is 9.99. The van der Waals surface area contributed by atoms with Gasteiger partial charge in [-0.15, -0.1) is 11.3 Å². The maximum absolute atomic E-state index is 12.6. The molecule has 1 aliphatic heterocycles. The van der Waals surface area contributed by atoms with E-state index in [2.05, 4.69) is 6.07 Å². The van der Waals surface area contributed by atoms with Crippen molar-refractivity contribution in [3.8, 4) is 0 Å². The summed E-state index contributed by atoms with van der Waals surface area (Å²) in [5.41, 5.74) is 1.41. The van der Waals surface area contributed by atoms with Crippen molar-refractivity contribution in [3.63, 3.8) is 0 Å². The van der Waals surface area contributed by atoms with Crippen molar-refractivity contribution >= 4 is 17.2 Å². The lowest BCUT2D eigenvalue weighted by Crippen LogP contribution is -2.48. The molecule has 0 bridgehead atoms. The summed E-state index contributed by atoms with van der Waals surface area (Å²) in [6.45, 7) is 5.50. The van der Waals surface area contributed by atoms with Crippen LogP contribution in [-0.4, -0.2) is 36.1 Å². The Bertz CT molecular complexity index is 449. The number of fused-ring (bicyclic) bond motifs is 1. The maximum atomic E-state index is 12.6. The molecule has 2 heterocycles. The van der Waals surface area contributed by atoms with E-state index < -0.39 is 0 Å². The molecule has 1 aromatic heterocycles. The minimum atomic E-state index is 0.141. The van der Waals surface area contributed by atoms with Crippen LogP contribution in [0.1, 0.15) is 46.8 Å². The molecule has 0 aromatic carbocycles. The zero-order valence-corrected chi connectivity index (χ0v) is 12.5. The Morgan fingerprint density at radius 3 is 2.63 bits per heavy atom. The van der Waals surface area contributed by atoms with Crippen LogP contribution in [0.25, 0.3) is 0 Å². The summed E-state index contributed by atoms with van der Waals surface area (Å²) in [6, 6.07) is 2.13. The van der Waals surface area contributed by atoms with Gasteiger partial charge in [-0.3, -0.25) is 4.79 Å². The van der Waals surface area contributed by atoms with Crippen molar-refractivity contribution in [2.75, 3.05) is 13.1 Å². The lowest BCUT2D eigenvalue weighted by molar-refractivity contribution is -0.0585. The van der Waals surface area contributed by atoms with Crippen molar-refractivity contribution in [3.05, 3.63) is 21.4 Å². The van der Waals surface area contributed by atoms with E-state index in [1.54, 1.807) is 11.3 Å². The van der Waals surface area contributed by atoms with Crippen LogP contribution in [0.4, 0.5) is 0 Å². The third kappa shape index (κ3) is 2.70. The Morgan fingerprint density at radius 2 is 1.95 bits per heavy atom. The van der Waals surface area contributed by atoms with Gasteiger partial charge in [-0.05, 0) is 51.2 Å². The molecule has 3 rings (SSSR count). The molecular weight excluding hydrogens is 258 g/mol. The summed E-state index contributed by atoms with van der Waals surface area (Å²) in [7, 11) is 0. The molecule has 1 aliphatic carbocycles. The average Bonchev–Trinajstić information content (AvgIpc) is 2.80. The van der Waals surface area contributed by atoms with Crippen LogP contribution >= 0.6 is 11.3 Å². The molecule has 0 spiro atoms. The lowest BCUT2D eigenvalue weighted by Gasteiger charge is -2.35. The first-order valence-corrected chi connectivity index (χ1v) is 8.01. The molecule has 1 saturated heterocycles. The Hall–Kier alpha value is -0.870. The predicted octanol–water partition coefficient (Wildman–Crippen LogP) is 2.88. The first-order valence-electron chi connectivity index (χ1n) is 7.20. The minimum absolute atomic E-state index is 0.141. The first-order chi connectivity index (χ1) is 9.13. The van der Waals surface area contributed by atoms with Crippen molar-refractivity contribution < 1.29 is 9.53 Å². The molecule has 3 nitrogen and oxygen atoms in total. The van der Waals surface area contributed by atoms with E-state index in [1.807, 2.05) is 18.7 Å². The van der Waals surface area contributed by atoms with Gasteiger partial charge in [0.05, 0.1) is 17.1 Å². The molecule has 0 radical (unpaired) electrons. The SMILES string of the molecule is C[C@@H]1CN(C(=O)c2cc3c(s2)CCCC3)C[C@H](C)O1. The smallest absolute Gasteiger partial charge is 0.264 e. The van der Waals surface area contributed by atoms with Crippen LogP contribution in [-0.2, 0) is 17.6 Å². The molecule has 1 fully saturated rings. The topological polar surface area (TPSA) is 29.5 Å². The summed E-state index contributed by atoms with van der Waals surface area (Å²) in [5.74, 6) is 0.196. The Morgan fingerprint density at radius 1 is 1.26 bits per heavy atom. The fourth-order valence-electron chi connectivity index (χ4n) is 3.10. The number of aryl methyl sites for hydroxylation is 2. The molecule has 104 valence electrons. The standard InChI is InChI=1S/C15H21NO2S/c1-10-8-16(9-11(2)18-10)15(17)14-7-12-5-3-4-6-13(12)19-14/h7,10-11H,3-6,8-9H2,1-2H3/t10-,11+. The van der Waals surface area contributed by atoms with Gasteiger partial charge >= 0.3 is 0 Å². The fourth-order valence-corrected chi connectivity index (χ4v) is 4.32. The van der Waals surface area contributed by atoms with Crippen molar-refractivity contribution in [2.45, 2.75) is 51.7 Å². The summed E-state index contributed by atoms with van der Waals surface area (Å²) >= 11 is 1.71.